The van der Waals surface area contributed by atoms with E-state index in [1.165, 1.54) is 64.7 Å². The lowest BCUT2D eigenvalue weighted by atomic mass is 9.93. The largest absolute Gasteiger partial charge is 0.317 e. The standard InChI is InChI=1S/C13H26N2/c1-2-13-5-3-4-10-15(13)11-12-6-8-14-9-7-12/h12-14H,2-11H2,1H3. The van der Waals surface area contributed by atoms with E-state index >= 15 is 0 Å². The molecule has 2 saturated heterocycles. The Balaban J connectivity index is 1.79. The van der Waals surface area contributed by atoms with E-state index in [-0.39, 0.29) is 0 Å². The highest BCUT2D eigenvalue weighted by atomic mass is 15.2. The van der Waals surface area contributed by atoms with Gasteiger partial charge in [0.2, 0.25) is 0 Å². The molecule has 0 aliphatic carbocycles. The summed E-state index contributed by atoms with van der Waals surface area (Å²) in [6.07, 6.45) is 8.48. The Morgan fingerprint density at radius 2 is 1.93 bits per heavy atom. The van der Waals surface area contributed by atoms with Gasteiger partial charge >= 0.3 is 0 Å². The van der Waals surface area contributed by atoms with Crippen molar-refractivity contribution in [1.82, 2.24) is 10.2 Å². The van der Waals surface area contributed by atoms with Crippen LogP contribution in [0.2, 0.25) is 0 Å². The van der Waals surface area contributed by atoms with Crippen LogP contribution in [0.5, 0.6) is 0 Å². The summed E-state index contributed by atoms with van der Waals surface area (Å²) in [6.45, 7) is 7.58. The Hall–Kier alpha value is -0.0800. The van der Waals surface area contributed by atoms with E-state index in [9.17, 15) is 0 Å². The van der Waals surface area contributed by atoms with Crippen molar-refractivity contribution in [2.75, 3.05) is 26.2 Å². The molecular formula is C13H26N2. The number of nitrogens with one attached hydrogen (secondary N) is 1. The zero-order valence-corrected chi connectivity index (χ0v) is 10.2. The summed E-state index contributed by atoms with van der Waals surface area (Å²) in [5, 5.41) is 3.46. The van der Waals surface area contributed by atoms with Crippen LogP contribution in [0.25, 0.3) is 0 Å². The lowest BCUT2D eigenvalue weighted by Crippen LogP contribution is -2.43. The molecule has 2 aliphatic heterocycles. The maximum Gasteiger partial charge on any atom is 0.00927 e. The molecule has 2 nitrogen and oxygen atoms in total. The Labute approximate surface area is 94.4 Å². The summed E-state index contributed by atoms with van der Waals surface area (Å²) in [7, 11) is 0. The first-order chi connectivity index (χ1) is 7.40. The van der Waals surface area contributed by atoms with Crippen molar-refractivity contribution in [2.24, 2.45) is 5.92 Å². The second-order valence-corrected chi connectivity index (χ2v) is 5.25. The SMILES string of the molecule is CCC1CCCCN1CC1CCNCC1. The highest BCUT2D eigenvalue weighted by molar-refractivity contribution is 4.79. The van der Waals surface area contributed by atoms with Gasteiger partial charge in [-0.05, 0) is 57.7 Å². The van der Waals surface area contributed by atoms with Crippen LogP contribution in [0.4, 0.5) is 0 Å². The summed E-state index contributed by atoms with van der Waals surface area (Å²) in [6, 6.07) is 0.897. The summed E-state index contributed by atoms with van der Waals surface area (Å²) >= 11 is 0. The van der Waals surface area contributed by atoms with Crippen molar-refractivity contribution in [1.29, 1.82) is 0 Å². The third kappa shape index (κ3) is 3.18. The molecule has 0 aromatic carbocycles. The molecule has 1 N–H and O–H groups in total. The van der Waals surface area contributed by atoms with Gasteiger partial charge in [-0.1, -0.05) is 13.3 Å². The molecule has 0 spiro atoms. The molecule has 1 atom stereocenters. The monoisotopic (exact) mass is 210 g/mol. The third-order valence-corrected chi connectivity index (χ3v) is 4.17. The summed E-state index contributed by atoms with van der Waals surface area (Å²) < 4.78 is 0. The maximum atomic E-state index is 3.46. The van der Waals surface area contributed by atoms with Gasteiger partial charge in [0.1, 0.15) is 0 Å². The van der Waals surface area contributed by atoms with Crippen molar-refractivity contribution < 1.29 is 0 Å². The normalized spacial score (nSPS) is 30.6. The molecule has 2 fully saturated rings. The molecule has 88 valence electrons. The summed E-state index contributed by atoms with van der Waals surface area (Å²) in [5.74, 6) is 0.971. The van der Waals surface area contributed by atoms with Crippen LogP contribution >= 0.6 is 0 Å². The van der Waals surface area contributed by atoms with Gasteiger partial charge in [-0.2, -0.15) is 0 Å². The van der Waals surface area contributed by atoms with E-state index in [4.69, 9.17) is 0 Å². The fourth-order valence-corrected chi connectivity index (χ4v) is 3.16. The predicted octanol–water partition coefficient (Wildman–Crippen LogP) is 2.25. The highest BCUT2D eigenvalue weighted by Crippen LogP contribution is 2.23. The van der Waals surface area contributed by atoms with Gasteiger partial charge in [0.25, 0.3) is 0 Å². The first-order valence-electron chi connectivity index (χ1n) is 6.85. The fraction of sp³-hybridized carbons (Fsp3) is 1.00. The van der Waals surface area contributed by atoms with Crippen molar-refractivity contribution in [3.63, 3.8) is 0 Å². The smallest absolute Gasteiger partial charge is 0.00927 e. The average molecular weight is 210 g/mol. The zero-order valence-electron chi connectivity index (χ0n) is 10.2. The van der Waals surface area contributed by atoms with Gasteiger partial charge < -0.3 is 10.2 Å². The Kier molecular flexibility index (Phi) is 4.45. The van der Waals surface area contributed by atoms with E-state index in [2.05, 4.69) is 17.1 Å². The predicted molar refractivity (Wildman–Crippen MR) is 65.1 cm³/mol. The Bertz CT molecular complexity index is 175. The average Bonchev–Trinajstić information content (AvgIpc) is 2.31. The van der Waals surface area contributed by atoms with E-state index in [1.807, 2.05) is 0 Å². The minimum absolute atomic E-state index is 0.897. The van der Waals surface area contributed by atoms with E-state index in [0.29, 0.717) is 0 Å². The number of likely N-dealkylation sites (tertiary alicyclic amines) is 1. The first-order valence-corrected chi connectivity index (χ1v) is 6.85. The molecule has 2 heteroatoms. The quantitative estimate of drug-likeness (QED) is 0.768. The van der Waals surface area contributed by atoms with Gasteiger partial charge in [-0.15, -0.1) is 0 Å². The molecule has 1 unspecified atom stereocenters. The second kappa shape index (κ2) is 5.86. The van der Waals surface area contributed by atoms with Gasteiger partial charge in [-0.25, -0.2) is 0 Å². The van der Waals surface area contributed by atoms with Gasteiger partial charge in [0, 0.05) is 12.6 Å². The fourth-order valence-electron chi connectivity index (χ4n) is 3.16. The Morgan fingerprint density at radius 1 is 1.13 bits per heavy atom. The second-order valence-electron chi connectivity index (χ2n) is 5.25. The molecule has 15 heavy (non-hydrogen) atoms. The van der Waals surface area contributed by atoms with Gasteiger partial charge in [0.15, 0.2) is 0 Å². The number of hydrogen-bond acceptors (Lipinski definition) is 2. The minimum Gasteiger partial charge on any atom is -0.317 e. The topological polar surface area (TPSA) is 15.3 Å². The number of piperidine rings is 2. The number of rotatable bonds is 3. The molecule has 2 aliphatic rings. The third-order valence-electron chi connectivity index (χ3n) is 4.17. The molecule has 0 aromatic rings. The molecule has 0 saturated carbocycles. The van der Waals surface area contributed by atoms with Crippen LogP contribution in [0.15, 0.2) is 0 Å². The van der Waals surface area contributed by atoms with Crippen molar-refractivity contribution in [2.45, 2.75) is 51.5 Å². The van der Waals surface area contributed by atoms with Crippen molar-refractivity contribution in [3.8, 4) is 0 Å². The minimum atomic E-state index is 0.897. The Morgan fingerprint density at radius 3 is 2.67 bits per heavy atom. The van der Waals surface area contributed by atoms with Crippen LogP contribution in [0.1, 0.15) is 45.4 Å². The summed E-state index contributed by atoms with van der Waals surface area (Å²) in [4.78, 5) is 2.78. The molecule has 0 aromatic heterocycles. The summed E-state index contributed by atoms with van der Waals surface area (Å²) in [5.41, 5.74) is 0. The zero-order chi connectivity index (χ0) is 10.5. The van der Waals surface area contributed by atoms with Gasteiger partial charge in [-0.3, -0.25) is 0 Å². The molecule has 0 bridgehead atoms. The van der Waals surface area contributed by atoms with Crippen LogP contribution in [0.3, 0.4) is 0 Å². The number of hydrogen-bond donors (Lipinski definition) is 1. The van der Waals surface area contributed by atoms with E-state index < -0.39 is 0 Å². The van der Waals surface area contributed by atoms with Crippen LogP contribution in [0, 0.1) is 5.92 Å². The van der Waals surface area contributed by atoms with Crippen molar-refractivity contribution in [3.05, 3.63) is 0 Å². The lowest BCUT2D eigenvalue weighted by Gasteiger charge is -2.38. The molecular weight excluding hydrogens is 184 g/mol. The van der Waals surface area contributed by atoms with Crippen LogP contribution in [-0.2, 0) is 0 Å². The molecule has 2 rings (SSSR count). The van der Waals surface area contributed by atoms with E-state index in [1.54, 1.807) is 0 Å². The van der Waals surface area contributed by atoms with E-state index in [0.717, 1.165) is 12.0 Å². The van der Waals surface area contributed by atoms with Crippen LogP contribution < -0.4 is 5.32 Å². The molecule has 0 radical (unpaired) electrons. The maximum absolute atomic E-state index is 3.46. The van der Waals surface area contributed by atoms with Crippen molar-refractivity contribution >= 4 is 0 Å². The molecule has 2 heterocycles. The van der Waals surface area contributed by atoms with Gasteiger partial charge in [0.05, 0.1) is 0 Å². The lowest BCUT2D eigenvalue weighted by molar-refractivity contribution is 0.112. The first kappa shape index (κ1) is 11.4. The molecule has 0 amide bonds. The number of nitrogens with zero attached hydrogens (tertiary/aromatic N) is 1. The highest BCUT2D eigenvalue weighted by Gasteiger charge is 2.24. The van der Waals surface area contributed by atoms with Crippen LogP contribution in [-0.4, -0.2) is 37.1 Å².